The largest absolute Gasteiger partial charge is 0.287 e. The average molecular weight is 199 g/mol. The second-order valence-electron chi connectivity index (χ2n) is 3.17. The van der Waals surface area contributed by atoms with Crippen LogP contribution in [0.5, 0.6) is 0 Å². The van der Waals surface area contributed by atoms with Gasteiger partial charge in [0.1, 0.15) is 12.0 Å². The molecule has 2 aromatic rings. The second kappa shape index (κ2) is 3.96. The van der Waals surface area contributed by atoms with Crippen LogP contribution in [-0.4, -0.2) is 20.7 Å². The van der Waals surface area contributed by atoms with Crippen LogP contribution in [0.3, 0.4) is 0 Å². The van der Waals surface area contributed by atoms with Crippen LogP contribution in [0, 0.1) is 6.92 Å². The Hall–Kier alpha value is -2.10. The van der Waals surface area contributed by atoms with Gasteiger partial charge in [0.15, 0.2) is 0 Å². The number of rotatable bonds is 2. The van der Waals surface area contributed by atoms with Crippen molar-refractivity contribution in [3.63, 3.8) is 0 Å². The lowest BCUT2D eigenvalue weighted by Crippen LogP contribution is -2.04. The Balaban J connectivity index is 2.37. The van der Waals surface area contributed by atoms with E-state index in [0.29, 0.717) is 11.3 Å². The zero-order valence-electron chi connectivity index (χ0n) is 8.21. The third-order valence-electron chi connectivity index (χ3n) is 1.95. The third kappa shape index (κ3) is 2.04. The molecule has 0 saturated heterocycles. The molecule has 0 N–H and O–H groups in total. The Morgan fingerprint density at radius 3 is 2.80 bits per heavy atom. The molecule has 0 amide bonds. The van der Waals surface area contributed by atoms with Crippen molar-refractivity contribution in [2.75, 3.05) is 0 Å². The highest BCUT2D eigenvalue weighted by molar-refractivity contribution is 6.07. The molecule has 0 saturated carbocycles. The Bertz CT molecular complexity index is 482. The van der Waals surface area contributed by atoms with Crippen LogP contribution in [-0.2, 0) is 0 Å². The van der Waals surface area contributed by atoms with Gasteiger partial charge in [-0.2, -0.15) is 0 Å². The number of nitrogens with zero attached hydrogens (tertiary/aromatic N) is 3. The van der Waals surface area contributed by atoms with Gasteiger partial charge in [0.05, 0.1) is 0 Å². The standard InChI is InChI=1S/C11H9N3O/c1-8-4-9(6-13-5-8)11(15)10-2-3-12-7-14-10/h2-7H,1H3. The quantitative estimate of drug-likeness (QED) is 0.686. The van der Waals surface area contributed by atoms with Crippen LogP contribution < -0.4 is 0 Å². The maximum absolute atomic E-state index is 11.9. The van der Waals surface area contributed by atoms with Crippen molar-refractivity contribution >= 4 is 5.78 Å². The van der Waals surface area contributed by atoms with Crippen LogP contribution in [0.1, 0.15) is 21.6 Å². The SMILES string of the molecule is Cc1cncc(C(=O)c2ccncn2)c1. The number of pyridine rings is 1. The molecule has 4 nitrogen and oxygen atoms in total. The molecule has 74 valence electrons. The van der Waals surface area contributed by atoms with Crippen molar-refractivity contribution in [2.45, 2.75) is 6.92 Å². The van der Waals surface area contributed by atoms with E-state index in [1.54, 1.807) is 24.5 Å². The summed E-state index contributed by atoms with van der Waals surface area (Å²) in [5.74, 6) is -0.131. The molecule has 2 aromatic heterocycles. The van der Waals surface area contributed by atoms with E-state index in [1.807, 2.05) is 6.92 Å². The fraction of sp³-hybridized carbons (Fsp3) is 0.0909. The van der Waals surface area contributed by atoms with E-state index in [-0.39, 0.29) is 5.78 Å². The highest BCUT2D eigenvalue weighted by Gasteiger charge is 2.09. The molecular formula is C11H9N3O. The van der Waals surface area contributed by atoms with Gasteiger partial charge in [-0.15, -0.1) is 0 Å². The number of aryl methyl sites for hydroxylation is 1. The predicted octanol–water partition coefficient (Wildman–Crippen LogP) is 1.41. The van der Waals surface area contributed by atoms with Gasteiger partial charge in [0.2, 0.25) is 5.78 Å². The molecular weight excluding hydrogens is 190 g/mol. The summed E-state index contributed by atoms with van der Waals surface area (Å²) in [6, 6.07) is 3.38. The van der Waals surface area contributed by atoms with Gasteiger partial charge in [-0.3, -0.25) is 9.78 Å². The first-order valence-corrected chi connectivity index (χ1v) is 4.50. The summed E-state index contributed by atoms with van der Waals surface area (Å²) in [6.45, 7) is 1.89. The molecule has 2 rings (SSSR count). The molecule has 2 heterocycles. The molecule has 0 spiro atoms. The van der Waals surface area contributed by atoms with Crippen molar-refractivity contribution in [3.05, 3.63) is 53.9 Å². The summed E-state index contributed by atoms with van der Waals surface area (Å²) in [7, 11) is 0. The molecule has 0 atom stereocenters. The molecule has 0 bridgehead atoms. The normalized spacial score (nSPS) is 9.93. The molecule has 0 radical (unpaired) electrons. The van der Waals surface area contributed by atoms with E-state index in [2.05, 4.69) is 15.0 Å². The molecule has 0 aliphatic heterocycles. The van der Waals surface area contributed by atoms with Gasteiger partial charge in [-0.25, -0.2) is 9.97 Å². The van der Waals surface area contributed by atoms with Gasteiger partial charge >= 0.3 is 0 Å². The average Bonchev–Trinajstić information content (AvgIpc) is 2.29. The molecule has 0 aromatic carbocycles. The fourth-order valence-electron chi connectivity index (χ4n) is 1.25. The van der Waals surface area contributed by atoms with E-state index < -0.39 is 0 Å². The number of carbonyl (C=O) groups excluding carboxylic acids is 1. The first kappa shape index (κ1) is 9.45. The molecule has 15 heavy (non-hydrogen) atoms. The van der Waals surface area contributed by atoms with Crippen LogP contribution in [0.4, 0.5) is 0 Å². The number of ketones is 1. The van der Waals surface area contributed by atoms with Crippen molar-refractivity contribution < 1.29 is 4.79 Å². The lowest BCUT2D eigenvalue weighted by molar-refractivity contribution is 0.103. The smallest absolute Gasteiger partial charge is 0.213 e. The highest BCUT2D eigenvalue weighted by atomic mass is 16.1. The number of hydrogen-bond acceptors (Lipinski definition) is 4. The van der Waals surface area contributed by atoms with Crippen molar-refractivity contribution in [1.82, 2.24) is 15.0 Å². The molecule has 0 fully saturated rings. The molecule has 0 unspecified atom stereocenters. The van der Waals surface area contributed by atoms with E-state index in [1.165, 1.54) is 12.5 Å². The molecule has 4 heteroatoms. The van der Waals surface area contributed by atoms with E-state index in [9.17, 15) is 4.79 Å². The van der Waals surface area contributed by atoms with Crippen LogP contribution in [0.25, 0.3) is 0 Å². The Morgan fingerprint density at radius 1 is 1.27 bits per heavy atom. The minimum Gasteiger partial charge on any atom is -0.287 e. The summed E-state index contributed by atoms with van der Waals surface area (Å²) >= 11 is 0. The maximum Gasteiger partial charge on any atom is 0.213 e. The number of carbonyl (C=O) groups is 1. The lowest BCUT2D eigenvalue weighted by atomic mass is 10.1. The number of aromatic nitrogens is 3. The lowest BCUT2D eigenvalue weighted by Gasteiger charge is -1.99. The van der Waals surface area contributed by atoms with E-state index >= 15 is 0 Å². The predicted molar refractivity (Wildman–Crippen MR) is 54.4 cm³/mol. The summed E-state index contributed by atoms with van der Waals surface area (Å²) in [5.41, 5.74) is 1.89. The fourth-order valence-corrected chi connectivity index (χ4v) is 1.25. The second-order valence-corrected chi connectivity index (χ2v) is 3.17. The molecule has 0 aliphatic rings. The monoisotopic (exact) mass is 199 g/mol. The summed E-state index contributed by atoms with van der Waals surface area (Å²) < 4.78 is 0. The first-order chi connectivity index (χ1) is 7.27. The summed E-state index contributed by atoms with van der Waals surface area (Å²) in [4.78, 5) is 23.5. The van der Waals surface area contributed by atoms with Crippen LogP contribution in [0.15, 0.2) is 37.1 Å². The summed E-state index contributed by atoms with van der Waals surface area (Å²) in [5, 5.41) is 0. The first-order valence-electron chi connectivity index (χ1n) is 4.50. The Kier molecular flexibility index (Phi) is 2.49. The molecule has 0 aliphatic carbocycles. The zero-order chi connectivity index (χ0) is 10.7. The number of hydrogen-bond donors (Lipinski definition) is 0. The minimum absolute atomic E-state index is 0.131. The van der Waals surface area contributed by atoms with Gasteiger partial charge < -0.3 is 0 Å². The topological polar surface area (TPSA) is 55.7 Å². The Labute approximate surface area is 87.0 Å². The van der Waals surface area contributed by atoms with Gasteiger partial charge in [-0.05, 0) is 24.6 Å². The highest BCUT2D eigenvalue weighted by Crippen LogP contribution is 2.07. The maximum atomic E-state index is 11.9. The van der Waals surface area contributed by atoms with Crippen molar-refractivity contribution in [2.24, 2.45) is 0 Å². The van der Waals surface area contributed by atoms with Crippen molar-refractivity contribution in [1.29, 1.82) is 0 Å². The van der Waals surface area contributed by atoms with Gasteiger partial charge in [0.25, 0.3) is 0 Å². The van der Waals surface area contributed by atoms with E-state index in [0.717, 1.165) is 5.56 Å². The zero-order valence-corrected chi connectivity index (χ0v) is 8.21. The van der Waals surface area contributed by atoms with Crippen LogP contribution in [0.2, 0.25) is 0 Å². The van der Waals surface area contributed by atoms with Gasteiger partial charge in [-0.1, -0.05) is 0 Å². The van der Waals surface area contributed by atoms with E-state index in [4.69, 9.17) is 0 Å². The third-order valence-corrected chi connectivity index (χ3v) is 1.95. The van der Waals surface area contributed by atoms with Crippen molar-refractivity contribution in [3.8, 4) is 0 Å². The van der Waals surface area contributed by atoms with Gasteiger partial charge in [0, 0.05) is 24.2 Å². The summed E-state index contributed by atoms with van der Waals surface area (Å²) in [6.07, 6.45) is 6.15. The Morgan fingerprint density at radius 2 is 2.13 bits per heavy atom. The minimum atomic E-state index is -0.131. The van der Waals surface area contributed by atoms with Crippen LogP contribution >= 0.6 is 0 Å².